The molecule has 0 bridgehead atoms. The third kappa shape index (κ3) is 1.57. The molecule has 1 aliphatic rings. The molecule has 2 heterocycles. The van der Waals surface area contributed by atoms with Crippen LogP contribution in [0, 0.1) is 0 Å². The molecule has 1 amide bonds. The fraction of sp³-hybridized carbons (Fsp3) is 0.333. The van der Waals surface area contributed by atoms with Gasteiger partial charge in [0.25, 0.3) is 0 Å². The van der Waals surface area contributed by atoms with Crippen molar-refractivity contribution in [3.05, 3.63) is 23.0 Å². The van der Waals surface area contributed by atoms with Gasteiger partial charge in [-0.2, -0.15) is 0 Å². The van der Waals surface area contributed by atoms with Crippen molar-refractivity contribution in [2.45, 2.75) is 6.42 Å². The van der Waals surface area contributed by atoms with Crippen LogP contribution < -0.4 is 4.90 Å². The summed E-state index contributed by atoms with van der Waals surface area (Å²) in [5, 5.41) is 0.462. The fourth-order valence-corrected chi connectivity index (χ4v) is 1.88. The Morgan fingerprint density at radius 1 is 1.57 bits per heavy atom. The number of halogens is 2. The maximum Gasteiger partial charge on any atom is 0.241 e. The number of anilines is 1. The molecular weight excluding hydrogens is 223 g/mol. The smallest absolute Gasteiger partial charge is 0.241 e. The van der Waals surface area contributed by atoms with Gasteiger partial charge in [0.15, 0.2) is 0 Å². The number of hydrogen-bond acceptors (Lipinski definition) is 2. The molecule has 0 aliphatic carbocycles. The molecule has 1 aromatic rings. The Balaban J connectivity index is 2.35. The van der Waals surface area contributed by atoms with E-state index in [1.165, 1.54) is 0 Å². The normalized spacial score (nSPS) is 14.3. The Labute approximate surface area is 91.6 Å². The van der Waals surface area contributed by atoms with Crippen LogP contribution in [-0.2, 0) is 11.2 Å². The lowest BCUT2D eigenvalue weighted by Gasteiger charge is -2.14. The van der Waals surface area contributed by atoms with Gasteiger partial charge in [-0.3, -0.25) is 4.79 Å². The lowest BCUT2D eigenvalue weighted by atomic mass is 10.3. The molecule has 3 nitrogen and oxygen atoms in total. The molecule has 0 saturated carbocycles. The highest BCUT2D eigenvalue weighted by molar-refractivity contribution is 6.30. The summed E-state index contributed by atoms with van der Waals surface area (Å²) in [6, 6.07) is 3.49. The Morgan fingerprint density at radius 2 is 2.36 bits per heavy atom. The van der Waals surface area contributed by atoms with Crippen molar-refractivity contribution in [3.8, 4) is 0 Å². The Hall–Kier alpha value is -0.800. The van der Waals surface area contributed by atoms with Gasteiger partial charge in [-0.25, -0.2) is 4.98 Å². The first-order valence-corrected chi connectivity index (χ1v) is 5.15. The summed E-state index contributed by atoms with van der Waals surface area (Å²) in [5.74, 6) is -0.0863. The second kappa shape index (κ2) is 3.75. The van der Waals surface area contributed by atoms with Crippen molar-refractivity contribution in [1.82, 2.24) is 4.98 Å². The highest BCUT2D eigenvalue weighted by Crippen LogP contribution is 2.27. The van der Waals surface area contributed by atoms with E-state index < -0.39 is 0 Å². The first-order valence-electron chi connectivity index (χ1n) is 4.24. The second-order valence-corrected chi connectivity index (χ2v) is 3.68. The zero-order chi connectivity index (χ0) is 10.1. The van der Waals surface area contributed by atoms with Crippen LogP contribution in [-0.4, -0.2) is 23.3 Å². The van der Waals surface area contributed by atoms with Gasteiger partial charge in [0, 0.05) is 13.0 Å². The van der Waals surface area contributed by atoms with Gasteiger partial charge < -0.3 is 4.90 Å². The largest absolute Gasteiger partial charge is 0.309 e. The topological polar surface area (TPSA) is 33.2 Å². The molecule has 74 valence electrons. The van der Waals surface area contributed by atoms with Gasteiger partial charge in [0.1, 0.15) is 11.0 Å². The summed E-state index contributed by atoms with van der Waals surface area (Å²) in [5.41, 5.74) is 1.70. The number of rotatable bonds is 1. The number of amides is 1. The van der Waals surface area contributed by atoms with E-state index in [0.29, 0.717) is 11.7 Å². The van der Waals surface area contributed by atoms with Gasteiger partial charge >= 0.3 is 0 Å². The minimum absolute atomic E-state index is 0.00205. The third-order valence-electron chi connectivity index (χ3n) is 2.19. The van der Waals surface area contributed by atoms with Gasteiger partial charge in [0.2, 0.25) is 5.91 Å². The predicted octanol–water partition coefficient (Wildman–Crippen LogP) is 1.86. The molecule has 0 unspecified atom stereocenters. The number of carbonyl (C=O) groups excluding carboxylic acids is 1. The highest BCUT2D eigenvalue weighted by atomic mass is 35.5. The molecule has 0 atom stereocenters. The van der Waals surface area contributed by atoms with Crippen molar-refractivity contribution in [3.63, 3.8) is 0 Å². The van der Waals surface area contributed by atoms with E-state index in [2.05, 4.69) is 4.98 Å². The van der Waals surface area contributed by atoms with Crippen LogP contribution in [0.15, 0.2) is 12.1 Å². The van der Waals surface area contributed by atoms with Crippen molar-refractivity contribution >= 4 is 34.8 Å². The number of carbonyl (C=O) groups is 1. The number of nitrogens with zero attached hydrogens (tertiary/aromatic N) is 2. The third-order valence-corrected chi connectivity index (χ3v) is 2.63. The molecule has 1 aromatic heterocycles. The minimum Gasteiger partial charge on any atom is -0.309 e. The van der Waals surface area contributed by atoms with E-state index in [9.17, 15) is 4.79 Å². The maximum absolute atomic E-state index is 11.4. The molecule has 1 aliphatic heterocycles. The van der Waals surface area contributed by atoms with Crippen LogP contribution in [0.25, 0.3) is 0 Å². The number of aromatic nitrogens is 1. The molecule has 0 fully saturated rings. The molecule has 5 heteroatoms. The molecule has 0 aromatic carbocycles. The maximum atomic E-state index is 11.4. The van der Waals surface area contributed by atoms with E-state index in [4.69, 9.17) is 23.2 Å². The molecule has 14 heavy (non-hydrogen) atoms. The Kier molecular flexibility index (Phi) is 2.61. The highest BCUT2D eigenvalue weighted by Gasteiger charge is 2.24. The van der Waals surface area contributed by atoms with E-state index in [0.717, 1.165) is 17.8 Å². The van der Waals surface area contributed by atoms with Gasteiger partial charge in [-0.1, -0.05) is 11.6 Å². The molecule has 2 rings (SSSR count). The van der Waals surface area contributed by atoms with Gasteiger partial charge in [-0.05, 0) is 12.1 Å². The lowest BCUT2D eigenvalue weighted by molar-refractivity contribution is -0.116. The van der Waals surface area contributed by atoms with Crippen molar-refractivity contribution in [2.24, 2.45) is 0 Å². The molecule has 0 saturated heterocycles. The van der Waals surface area contributed by atoms with Crippen LogP contribution in [0.1, 0.15) is 5.69 Å². The second-order valence-electron chi connectivity index (χ2n) is 3.03. The van der Waals surface area contributed by atoms with Gasteiger partial charge in [-0.15, -0.1) is 11.6 Å². The predicted molar refractivity (Wildman–Crippen MR) is 56.0 cm³/mol. The van der Waals surface area contributed by atoms with E-state index in [1.807, 2.05) is 6.07 Å². The van der Waals surface area contributed by atoms with Crippen LogP contribution in [0.5, 0.6) is 0 Å². The zero-order valence-electron chi connectivity index (χ0n) is 7.33. The van der Waals surface area contributed by atoms with E-state index >= 15 is 0 Å². The lowest BCUT2D eigenvalue weighted by Crippen LogP contribution is -2.29. The minimum atomic E-state index is -0.0884. The summed E-state index contributed by atoms with van der Waals surface area (Å²) in [6.07, 6.45) is 0.749. The van der Waals surface area contributed by atoms with E-state index in [-0.39, 0.29) is 11.8 Å². The Bertz CT molecular complexity index is 381. The van der Waals surface area contributed by atoms with Crippen LogP contribution in [0.2, 0.25) is 5.15 Å². The van der Waals surface area contributed by atoms with Crippen LogP contribution in [0.4, 0.5) is 5.69 Å². The van der Waals surface area contributed by atoms with Crippen molar-refractivity contribution in [2.75, 3.05) is 17.3 Å². The quantitative estimate of drug-likeness (QED) is 0.546. The first kappa shape index (κ1) is 9.74. The van der Waals surface area contributed by atoms with Gasteiger partial charge in [0.05, 0.1) is 11.4 Å². The number of alkyl halides is 1. The standard InChI is InChI=1S/C9H8Cl2N2O/c10-5-9(14)13-4-3-6-7(13)1-2-8(11)12-6/h1-2H,3-5H2. The average Bonchev–Trinajstić information content (AvgIpc) is 2.59. The summed E-state index contributed by atoms with van der Waals surface area (Å²) >= 11 is 11.2. The van der Waals surface area contributed by atoms with Crippen molar-refractivity contribution in [1.29, 1.82) is 0 Å². The molecule has 0 N–H and O–H groups in total. The number of fused-ring (bicyclic) bond motifs is 1. The summed E-state index contributed by atoms with van der Waals surface area (Å²) in [4.78, 5) is 17.2. The molecule has 0 radical (unpaired) electrons. The average molecular weight is 231 g/mol. The van der Waals surface area contributed by atoms with E-state index in [1.54, 1.807) is 11.0 Å². The summed E-state index contributed by atoms with van der Waals surface area (Å²) < 4.78 is 0. The van der Waals surface area contributed by atoms with Crippen LogP contribution in [0.3, 0.4) is 0 Å². The first-order chi connectivity index (χ1) is 6.72. The summed E-state index contributed by atoms with van der Waals surface area (Å²) in [6.45, 7) is 0.647. The zero-order valence-corrected chi connectivity index (χ0v) is 8.85. The Morgan fingerprint density at radius 3 is 3.07 bits per heavy atom. The molecule has 0 spiro atoms. The summed E-state index contributed by atoms with van der Waals surface area (Å²) in [7, 11) is 0. The molecular formula is C9H8Cl2N2O. The SMILES string of the molecule is O=C(CCl)N1CCc2nc(Cl)ccc21. The van der Waals surface area contributed by atoms with Crippen molar-refractivity contribution < 1.29 is 4.79 Å². The monoisotopic (exact) mass is 230 g/mol. The number of pyridine rings is 1. The van der Waals surface area contributed by atoms with Crippen LogP contribution >= 0.6 is 23.2 Å². The fourth-order valence-electron chi connectivity index (χ4n) is 1.57. The number of hydrogen-bond donors (Lipinski definition) is 0.